The van der Waals surface area contributed by atoms with E-state index in [1.807, 2.05) is 17.5 Å². The number of aryl methyl sites for hydroxylation is 1. The van der Waals surface area contributed by atoms with Gasteiger partial charge in [0.25, 0.3) is 11.8 Å². The number of benzene rings is 1. The van der Waals surface area contributed by atoms with Crippen LogP contribution in [0.2, 0.25) is 0 Å². The molecule has 170 valence electrons. The Hall–Kier alpha value is -3.52. The second-order valence-corrected chi connectivity index (χ2v) is 8.88. The summed E-state index contributed by atoms with van der Waals surface area (Å²) in [6.45, 7) is 1.26. The minimum atomic E-state index is -0.625. The largest absolute Gasteiger partial charge is 0.452 e. The van der Waals surface area contributed by atoms with E-state index in [9.17, 15) is 14.4 Å². The quantitative estimate of drug-likeness (QED) is 0.500. The molecule has 2 amide bonds. The number of ether oxygens (including phenoxy) is 1. The van der Waals surface area contributed by atoms with Crippen molar-refractivity contribution in [3.63, 3.8) is 0 Å². The van der Waals surface area contributed by atoms with E-state index < -0.39 is 18.5 Å². The van der Waals surface area contributed by atoms with E-state index in [-0.39, 0.29) is 11.9 Å². The van der Waals surface area contributed by atoms with Crippen molar-refractivity contribution < 1.29 is 19.1 Å². The number of nitrogens with zero attached hydrogens (tertiary/aromatic N) is 1. The molecule has 0 spiro atoms. The van der Waals surface area contributed by atoms with Crippen LogP contribution in [-0.4, -0.2) is 35.4 Å². The Balaban J connectivity index is 1.35. The van der Waals surface area contributed by atoms with Crippen molar-refractivity contribution in [1.82, 2.24) is 10.3 Å². The number of aromatic nitrogens is 1. The molecule has 0 atom stereocenters. The second-order valence-electron chi connectivity index (χ2n) is 7.93. The SMILES string of the molecule is Cc1nc(-c2cccs2)ccc1C(=O)OCC(=O)Nc1ccccc1C(=O)NC1CCCC1. The van der Waals surface area contributed by atoms with E-state index in [0.717, 1.165) is 36.3 Å². The minimum absolute atomic E-state index is 0.172. The van der Waals surface area contributed by atoms with Crippen molar-refractivity contribution in [2.24, 2.45) is 0 Å². The third kappa shape index (κ3) is 5.64. The number of pyridine rings is 1. The molecule has 2 heterocycles. The fourth-order valence-corrected chi connectivity index (χ4v) is 4.55. The molecule has 1 aromatic carbocycles. The van der Waals surface area contributed by atoms with Crippen LogP contribution < -0.4 is 10.6 Å². The zero-order valence-corrected chi connectivity index (χ0v) is 19.1. The highest BCUT2D eigenvalue weighted by Crippen LogP contribution is 2.24. The molecule has 2 N–H and O–H groups in total. The molecule has 1 fully saturated rings. The first-order chi connectivity index (χ1) is 16.0. The fourth-order valence-electron chi connectivity index (χ4n) is 3.86. The van der Waals surface area contributed by atoms with Gasteiger partial charge >= 0.3 is 5.97 Å². The van der Waals surface area contributed by atoms with Crippen molar-refractivity contribution in [3.8, 4) is 10.6 Å². The maximum Gasteiger partial charge on any atom is 0.340 e. The Labute approximate surface area is 196 Å². The summed E-state index contributed by atoms with van der Waals surface area (Å²) in [5.74, 6) is -1.37. The van der Waals surface area contributed by atoms with Crippen LogP contribution in [0.3, 0.4) is 0 Å². The van der Waals surface area contributed by atoms with Crippen LogP contribution in [0.1, 0.15) is 52.1 Å². The molecular weight excluding hydrogens is 438 g/mol. The average Bonchev–Trinajstić information content (AvgIpc) is 3.52. The number of anilines is 1. The lowest BCUT2D eigenvalue weighted by Crippen LogP contribution is -2.33. The van der Waals surface area contributed by atoms with Crippen LogP contribution in [-0.2, 0) is 9.53 Å². The van der Waals surface area contributed by atoms with Crippen LogP contribution in [0.5, 0.6) is 0 Å². The molecule has 4 rings (SSSR count). The summed E-state index contributed by atoms with van der Waals surface area (Å²) in [4.78, 5) is 43.0. The van der Waals surface area contributed by atoms with Gasteiger partial charge in [-0.3, -0.25) is 14.6 Å². The number of esters is 1. The number of rotatable bonds is 7. The van der Waals surface area contributed by atoms with Gasteiger partial charge in [0.2, 0.25) is 0 Å². The van der Waals surface area contributed by atoms with Crippen molar-refractivity contribution in [1.29, 1.82) is 0 Å². The summed E-state index contributed by atoms with van der Waals surface area (Å²) in [5.41, 5.74) is 2.38. The molecule has 8 heteroatoms. The molecule has 2 aromatic heterocycles. The predicted molar refractivity (Wildman–Crippen MR) is 127 cm³/mol. The van der Waals surface area contributed by atoms with Gasteiger partial charge in [0.05, 0.1) is 33.1 Å². The summed E-state index contributed by atoms with van der Waals surface area (Å²) < 4.78 is 5.19. The summed E-state index contributed by atoms with van der Waals surface area (Å²) in [7, 11) is 0. The molecular formula is C25H25N3O4S. The predicted octanol–water partition coefficient (Wildman–Crippen LogP) is 4.59. The van der Waals surface area contributed by atoms with Crippen LogP contribution in [0.15, 0.2) is 53.9 Å². The maximum absolute atomic E-state index is 12.7. The summed E-state index contributed by atoms with van der Waals surface area (Å²) >= 11 is 1.57. The van der Waals surface area contributed by atoms with Gasteiger partial charge in [0.15, 0.2) is 6.61 Å². The topological polar surface area (TPSA) is 97.4 Å². The van der Waals surface area contributed by atoms with Gasteiger partial charge in [0, 0.05) is 6.04 Å². The first kappa shape index (κ1) is 22.7. The molecule has 1 saturated carbocycles. The molecule has 3 aromatic rings. The van der Waals surface area contributed by atoms with E-state index in [1.54, 1.807) is 54.7 Å². The van der Waals surface area contributed by atoms with E-state index in [2.05, 4.69) is 15.6 Å². The molecule has 7 nitrogen and oxygen atoms in total. The molecule has 0 aliphatic heterocycles. The molecule has 1 aliphatic rings. The van der Waals surface area contributed by atoms with Gasteiger partial charge < -0.3 is 15.4 Å². The Kier molecular flexibility index (Phi) is 7.14. The highest BCUT2D eigenvalue weighted by atomic mass is 32.1. The van der Waals surface area contributed by atoms with Gasteiger partial charge in [0.1, 0.15) is 0 Å². The van der Waals surface area contributed by atoms with Crippen LogP contribution in [0.25, 0.3) is 10.6 Å². The molecule has 0 unspecified atom stereocenters. The van der Waals surface area contributed by atoms with Gasteiger partial charge in [-0.25, -0.2) is 4.79 Å². The Bertz CT molecular complexity index is 1150. The number of hydrogen-bond donors (Lipinski definition) is 2. The molecule has 0 saturated heterocycles. The highest BCUT2D eigenvalue weighted by Gasteiger charge is 2.21. The van der Waals surface area contributed by atoms with E-state index in [4.69, 9.17) is 4.74 Å². The first-order valence-electron chi connectivity index (χ1n) is 10.9. The lowest BCUT2D eigenvalue weighted by Gasteiger charge is -2.15. The zero-order valence-electron chi connectivity index (χ0n) is 18.3. The number of carbonyl (C=O) groups is 3. The molecule has 1 aliphatic carbocycles. The number of nitrogens with one attached hydrogen (secondary N) is 2. The lowest BCUT2D eigenvalue weighted by molar-refractivity contribution is -0.119. The smallest absolute Gasteiger partial charge is 0.340 e. The first-order valence-corrected chi connectivity index (χ1v) is 11.8. The fraction of sp³-hybridized carbons (Fsp3) is 0.280. The molecule has 0 radical (unpaired) electrons. The number of amides is 2. The third-order valence-corrected chi connectivity index (χ3v) is 6.44. The van der Waals surface area contributed by atoms with E-state index in [0.29, 0.717) is 22.5 Å². The van der Waals surface area contributed by atoms with Crippen LogP contribution in [0.4, 0.5) is 5.69 Å². The summed E-state index contributed by atoms with van der Waals surface area (Å²) in [6, 6.07) is 14.3. The second kappa shape index (κ2) is 10.4. The number of hydrogen-bond acceptors (Lipinski definition) is 6. The summed E-state index contributed by atoms with van der Waals surface area (Å²) in [6.07, 6.45) is 4.17. The van der Waals surface area contributed by atoms with Gasteiger partial charge in [-0.1, -0.05) is 31.0 Å². The third-order valence-electron chi connectivity index (χ3n) is 5.55. The van der Waals surface area contributed by atoms with Gasteiger partial charge in [-0.2, -0.15) is 0 Å². The standard InChI is InChI=1S/C25H25N3O4S/c1-16-18(12-13-21(26-16)22-11-6-14-33-22)25(31)32-15-23(29)28-20-10-5-4-9-19(20)24(30)27-17-7-2-3-8-17/h4-6,9-14,17H,2-3,7-8,15H2,1H3,(H,27,30)(H,28,29). The van der Waals surface area contributed by atoms with Crippen LogP contribution in [0, 0.1) is 6.92 Å². The average molecular weight is 464 g/mol. The number of para-hydroxylation sites is 1. The van der Waals surface area contributed by atoms with Crippen molar-refractivity contribution in [3.05, 3.63) is 70.7 Å². The zero-order chi connectivity index (χ0) is 23.2. The highest BCUT2D eigenvalue weighted by molar-refractivity contribution is 7.13. The van der Waals surface area contributed by atoms with E-state index >= 15 is 0 Å². The Morgan fingerprint density at radius 1 is 1.03 bits per heavy atom. The number of carbonyl (C=O) groups excluding carboxylic acids is 3. The molecule has 0 bridgehead atoms. The van der Waals surface area contributed by atoms with Crippen molar-refractivity contribution in [2.75, 3.05) is 11.9 Å². The van der Waals surface area contributed by atoms with Gasteiger partial charge in [-0.15, -0.1) is 11.3 Å². The van der Waals surface area contributed by atoms with Crippen molar-refractivity contribution >= 4 is 34.8 Å². The monoisotopic (exact) mass is 463 g/mol. The summed E-state index contributed by atoms with van der Waals surface area (Å²) in [5, 5.41) is 7.66. The van der Waals surface area contributed by atoms with Gasteiger partial charge in [-0.05, 0) is 55.5 Å². The minimum Gasteiger partial charge on any atom is -0.452 e. The van der Waals surface area contributed by atoms with Crippen LogP contribution >= 0.6 is 11.3 Å². The van der Waals surface area contributed by atoms with E-state index in [1.165, 1.54) is 0 Å². The Morgan fingerprint density at radius 3 is 2.55 bits per heavy atom. The lowest BCUT2D eigenvalue weighted by atomic mass is 10.1. The number of thiophene rings is 1. The Morgan fingerprint density at radius 2 is 1.82 bits per heavy atom. The van der Waals surface area contributed by atoms with Crippen molar-refractivity contribution in [2.45, 2.75) is 38.6 Å². The normalized spacial score (nSPS) is 13.5. The molecule has 33 heavy (non-hydrogen) atoms. The maximum atomic E-state index is 12.7.